The molecule has 2 rings (SSSR count). The summed E-state index contributed by atoms with van der Waals surface area (Å²) in [6, 6.07) is 14.2. The van der Waals surface area contributed by atoms with E-state index in [1.54, 1.807) is 6.92 Å². The Hall–Kier alpha value is -1.87. The highest BCUT2D eigenvalue weighted by Gasteiger charge is 2.29. The van der Waals surface area contributed by atoms with Crippen molar-refractivity contribution in [1.82, 2.24) is 0 Å². The Balaban J connectivity index is 2.20. The lowest BCUT2D eigenvalue weighted by atomic mass is 9.93. The number of esters is 1. The highest BCUT2D eigenvalue weighted by molar-refractivity contribution is 5.83. The number of hydrogen-bond acceptors (Lipinski definition) is 3. The number of ether oxygens (including phenoxy) is 1. The van der Waals surface area contributed by atoms with E-state index in [0.29, 0.717) is 6.42 Å². The van der Waals surface area contributed by atoms with E-state index in [-0.39, 0.29) is 5.97 Å². The van der Waals surface area contributed by atoms with Crippen LogP contribution in [0.3, 0.4) is 0 Å². The van der Waals surface area contributed by atoms with Gasteiger partial charge in [-0.05, 0) is 50.5 Å². The third-order valence-electron chi connectivity index (χ3n) is 3.56. The molecule has 0 radical (unpaired) electrons. The molecular weight excluding hydrogens is 276 g/mol. The molecule has 0 heterocycles. The number of aliphatic hydroxyl groups excluding tert-OH is 1. The Kier molecular flexibility index (Phi) is 4.87. The summed E-state index contributed by atoms with van der Waals surface area (Å²) in [7, 11) is 0. The number of carbonyl (C=O) groups excluding carboxylic acids is 1. The molecule has 3 heteroatoms. The summed E-state index contributed by atoms with van der Waals surface area (Å²) in [5, 5.41) is 12.3. The number of benzene rings is 2. The van der Waals surface area contributed by atoms with Crippen LogP contribution in [0.15, 0.2) is 42.5 Å². The van der Waals surface area contributed by atoms with Gasteiger partial charge in [0.15, 0.2) is 0 Å². The van der Waals surface area contributed by atoms with Gasteiger partial charge in [-0.25, -0.2) is 0 Å². The lowest BCUT2D eigenvalue weighted by Gasteiger charge is -2.25. The second kappa shape index (κ2) is 6.49. The standard InChI is InChI=1S/C19H24O3/c1-13(20)17(18(21)22-19(2,3)4)12-14-9-10-15-7-5-6-8-16(15)11-14/h5-11,13,17,20H,12H2,1-4H3. The minimum absolute atomic E-state index is 0.351. The van der Waals surface area contributed by atoms with Gasteiger partial charge < -0.3 is 9.84 Å². The summed E-state index contributed by atoms with van der Waals surface area (Å²) in [5.41, 5.74) is 0.476. The van der Waals surface area contributed by atoms with E-state index in [2.05, 4.69) is 12.1 Å². The van der Waals surface area contributed by atoms with Gasteiger partial charge in [0.1, 0.15) is 5.60 Å². The van der Waals surface area contributed by atoms with Crippen molar-refractivity contribution in [2.45, 2.75) is 45.8 Å². The molecule has 2 atom stereocenters. The zero-order valence-corrected chi connectivity index (χ0v) is 13.7. The van der Waals surface area contributed by atoms with Crippen molar-refractivity contribution in [3.05, 3.63) is 48.0 Å². The fourth-order valence-electron chi connectivity index (χ4n) is 2.45. The van der Waals surface area contributed by atoms with Gasteiger partial charge in [-0.1, -0.05) is 42.5 Å². The van der Waals surface area contributed by atoms with Crippen molar-refractivity contribution in [2.75, 3.05) is 0 Å². The van der Waals surface area contributed by atoms with Crippen LogP contribution < -0.4 is 0 Å². The first kappa shape index (κ1) is 16.5. The fourth-order valence-corrected chi connectivity index (χ4v) is 2.45. The van der Waals surface area contributed by atoms with Crippen molar-refractivity contribution in [3.8, 4) is 0 Å². The summed E-state index contributed by atoms with van der Waals surface area (Å²) in [6.07, 6.45) is -0.279. The van der Waals surface area contributed by atoms with Gasteiger partial charge in [0.05, 0.1) is 12.0 Å². The SMILES string of the molecule is CC(O)C(Cc1ccc2ccccc2c1)C(=O)OC(C)(C)C. The van der Waals surface area contributed by atoms with Crippen molar-refractivity contribution >= 4 is 16.7 Å². The molecule has 0 bridgehead atoms. The molecule has 0 saturated heterocycles. The molecule has 0 fully saturated rings. The zero-order chi connectivity index (χ0) is 16.3. The number of aliphatic hydroxyl groups is 1. The largest absolute Gasteiger partial charge is 0.460 e. The van der Waals surface area contributed by atoms with Crippen LogP contribution in [0.5, 0.6) is 0 Å². The third-order valence-corrected chi connectivity index (χ3v) is 3.56. The number of rotatable bonds is 4. The molecule has 0 saturated carbocycles. The van der Waals surface area contributed by atoms with Crippen molar-refractivity contribution in [1.29, 1.82) is 0 Å². The normalized spacial score (nSPS) is 14.6. The van der Waals surface area contributed by atoms with E-state index >= 15 is 0 Å². The van der Waals surface area contributed by atoms with Crippen molar-refractivity contribution < 1.29 is 14.6 Å². The molecule has 2 aromatic carbocycles. The topological polar surface area (TPSA) is 46.5 Å². The summed E-state index contributed by atoms with van der Waals surface area (Å²) >= 11 is 0. The Bertz CT molecular complexity index is 653. The smallest absolute Gasteiger partial charge is 0.312 e. The molecule has 0 amide bonds. The van der Waals surface area contributed by atoms with Crippen LogP contribution in [0.4, 0.5) is 0 Å². The van der Waals surface area contributed by atoms with Gasteiger partial charge in [-0.15, -0.1) is 0 Å². The van der Waals surface area contributed by atoms with E-state index in [4.69, 9.17) is 4.74 Å². The van der Waals surface area contributed by atoms with E-state index < -0.39 is 17.6 Å². The van der Waals surface area contributed by atoms with Crippen LogP contribution in [0.25, 0.3) is 10.8 Å². The Morgan fingerprint density at radius 2 is 1.77 bits per heavy atom. The van der Waals surface area contributed by atoms with Gasteiger partial charge in [-0.2, -0.15) is 0 Å². The van der Waals surface area contributed by atoms with Crippen molar-refractivity contribution in [3.63, 3.8) is 0 Å². The molecular formula is C19H24O3. The van der Waals surface area contributed by atoms with E-state index in [1.807, 2.05) is 51.1 Å². The number of carbonyl (C=O) groups is 1. The summed E-state index contributed by atoms with van der Waals surface area (Å²) in [6.45, 7) is 7.13. The van der Waals surface area contributed by atoms with Crippen LogP contribution in [-0.4, -0.2) is 22.8 Å². The van der Waals surface area contributed by atoms with Gasteiger partial charge in [0.2, 0.25) is 0 Å². The fraction of sp³-hybridized carbons (Fsp3) is 0.421. The predicted octanol–water partition coefficient (Wildman–Crippen LogP) is 3.72. The molecule has 1 N–H and O–H groups in total. The van der Waals surface area contributed by atoms with Crippen LogP contribution in [0, 0.1) is 5.92 Å². The van der Waals surface area contributed by atoms with E-state index in [9.17, 15) is 9.90 Å². The molecule has 0 spiro atoms. The van der Waals surface area contributed by atoms with Gasteiger partial charge in [0.25, 0.3) is 0 Å². The maximum atomic E-state index is 12.3. The molecule has 0 aliphatic rings. The van der Waals surface area contributed by atoms with Crippen LogP contribution in [0.2, 0.25) is 0 Å². The first-order chi connectivity index (χ1) is 10.3. The molecule has 0 aliphatic heterocycles. The third kappa shape index (κ3) is 4.31. The Morgan fingerprint density at radius 3 is 2.36 bits per heavy atom. The van der Waals surface area contributed by atoms with Crippen molar-refractivity contribution in [2.24, 2.45) is 5.92 Å². The maximum absolute atomic E-state index is 12.3. The summed E-state index contributed by atoms with van der Waals surface area (Å²) in [4.78, 5) is 12.3. The van der Waals surface area contributed by atoms with Gasteiger partial charge in [0, 0.05) is 0 Å². The summed E-state index contributed by atoms with van der Waals surface area (Å²) < 4.78 is 5.42. The minimum atomic E-state index is -0.749. The van der Waals surface area contributed by atoms with Crippen LogP contribution >= 0.6 is 0 Å². The quantitative estimate of drug-likeness (QED) is 0.875. The van der Waals surface area contributed by atoms with E-state index in [0.717, 1.165) is 16.3 Å². The van der Waals surface area contributed by atoms with Gasteiger partial charge >= 0.3 is 5.97 Å². The first-order valence-electron chi connectivity index (χ1n) is 7.65. The van der Waals surface area contributed by atoms with Crippen LogP contribution in [-0.2, 0) is 16.0 Å². The summed E-state index contributed by atoms with van der Waals surface area (Å²) in [5.74, 6) is -0.906. The molecule has 3 nitrogen and oxygen atoms in total. The molecule has 0 aliphatic carbocycles. The lowest BCUT2D eigenvalue weighted by Crippen LogP contribution is -2.35. The average molecular weight is 300 g/mol. The van der Waals surface area contributed by atoms with Crippen LogP contribution in [0.1, 0.15) is 33.3 Å². The molecule has 22 heavy (non-hydrogen) atoms. The molecule has 2 aromatic rings. The molecule has 0 aromatic heterocycles. The molecule has 118 valence electrons. The predicted molar refractivity (Wildman–Crippen MR) is 88.7 cm³/mol. The molecule has 2 unspecified atom stereocenters. The monoisotopic (exact) mass is 300 g/mol. The number of fused-ring (bicyclic) bond motifs is 1. The second-order valence-electron chi connectivity index (χ2n) is 6.77. The lowest BCUT2D eigenvalue weighted by molar-refractivity contribution is -0.163. The number of hydrogen-bond donors (Lipinski definition) is 1. The van der Waals surface area contributed by atoms with E-state index in [1.165, 1.54) is 0 Å². The average Bonchev–Trinajstić information content (AvgIpc) is 2.42. The Morgan fingerprint density at radius 1 is 1.14 bits per heavy atom. The van der Waals surface area contributed by atoms with Gasteiger partial charge in [-0.3, -0.25) is 4.79 Å². The first-order valence-corrected chi connectivity index (χ1v) is 7.65. The maximum Gasteiger partial charge on any atom is 0.312 e. The Labute approximate surface area is 131 Å². The highest BCUT2D eigenvalue weighted by atomic mass is 16.6. The highest BCUT2D eigenvalue weighted by Crippen LogP contribution is 2.21. The zero-order valence-electron chi connectivity index (χ0n) is 13.7. The minimum Gasteiger partial charge on any atom is -0.460 e. The second-order valence-corrected chi connectivity index (χ2v) is 6.77.